The van der Waals surface area contributed by atoms with E-state index in [1.165, 1.54) is 18.2 Å². The number of fused-ring (bicyclic) bond motifs is 2. The molecular formula is C26H19ClFN7O2. The van der Waals surface area contributed by atoms with Gasteiger partial charge >= 0.3 is 0 Å². The molecule has 1 unspecified atom stereocenters. The second-order valence-electron chi connectivity index (χ2n) is 8.90. The lowest BCUT2D eigenvalue weighted by Gasteiger charge is -2.23. The van der Waals surface area contributed by atoms with Gasteiger partial charge in [0.2, 0.25) is 5.91 Å². The number of nitrogens with two attached hydrogens (primary N) is 1. The van der Waals surface area contributed by atoms with E-state index in [0.29, 0.717) is 33.7 Å². The van der Waals surface area contributed by atoms with E-state index >= 15 is 0 Å². The summed E-state index contributed by atoms with van der Waals surface area (Å²) in [5, 5.41) is 13.1. The summed E-state index contributed by atoms with van der Waals surface area (Å²) >= 11 is 5.96. The fourth-order valence-electron chi connectivity index (χ4n) is 4.67. The van der Waals surface area contributed by atoms with Crippen LogP contribution < -0.4 is 11.1 Å². The zero-order valence-electron chi connectivity index (χ0n) is 19.4. The highest BCUT2D eigenvalue weighted by atomic mass is 35.5. The van der Waals surface area contributed by atoms with E-state index in [0.717, 1.165) is 0 Å². The number of halogens is 2. The average molecular weight is 516 g/mol. The number of imidazole rings is 1. The molecule has 4 N–H and O–H groups in total. The standard InChI is InChI=1S/C26H19ClFN7O2/c1-26(14-6-7-15(27)19(36)11-14)20-21(29)32-22(33-23(20)34-25(26)37)18-12-35-9-8-30-24(35)17(31-18)10-13-4-2-3-5-16(13)28/h2-9,11-12,36H,10H2,1H3,(H3,29,32,33,34,37). The summed E-state index contributed by atoms with van der Waals surface area (Å²) in [6.45, 7) is 1.68. The number of nitrogens with one attached hydrogen (secondary N) is 1. The van der Waals surface area contributed by atoms with E-state index in [1.54, 1.807) is 54.2 Å². The van der Waals surface area contributed by atoms with Gasteiger partial charge in [-0.25, -0.2) is 24.3 Å². The van der Waals surface area contributed by atoms with Gasteiger partial charge in [0.15, 0.2) is 11.5 Å². The number of anilines is 2. The predicted octanol–water partition coefficient (Wildman–Crippen LogP) is 4.12. The molecule has 37 heavy (non-hydrogen) atoms. The van der Waals surface area contributed by atoms with Gasteiger partial charge in [-0.15, -0.1) is 0 Å². The minimum atomic E-state index is -1.25. The Balaban J connectivity index is 1.47. The van der Waals surface area contributed by atoms with Crippen molar-refractivity contribution >= 4 is 34.8 Å². The molecule has 5 aromatic rings. The summed E-state index contributed by atoms with van der Waals surface area (Å²) in [4.78, 5) is 31.3. The van der Waals surface area contributed by atoms with E-state index in [-0.39, 0.29) is 46.4 Å². The molecule has 1 amide bonds. The first-order valence-electron chi connectivity index (χ1n) is 11.3. The summed E-state index contributed by atoms with van der Waals surface area (Å²) in [5.74, 6) is -0.359. The largest absolute Gasteiger partial charge is 0.506 e. The van der Waals surface area contributed by atoms with Crippen LogP contribution in [0.3, 0.4) is 0 Å². The molecule has 0 radical (unpaired) electrons. The quantitative estimate of drug-likeness (QED) is 0.328. The Bertz CT molecular complexity index is 1740. The van der Waals surface area contributed by atoms with Crippen LogP contribution >= 0.6 is 11.6 Å². The summed E-state index contributed by atoms with van der Waals surface area (Å²) < 4.78 is 16.1. The van der Waals surface area contributed by atoms with Gasteiger partial charge in [0.25, 0.3) is 0 Å². The monoisotopic (exact) mass is 515 g/mol. The fourth-order valence-corrected chi connectivity index (χ4v) is 4.78. The molecule has 0 bridgehead atoms. The van der Waals surface area contributed by atoms with Crippen molar-refractivity contribution < 1.29 is 14.3 Å². The molecule has 3 aromatic heterocycles. The smallest absolute Gasteiger partial charge is 0.240 e. The molecule has 0 aliphatic carbocycles. The zero-order chi connectivity index (χ0) is 25.9. The molecule has 0 spiro atoms. The molecular weight excluding hydrogens is 497 g/mol. The lowest BCUT2D eigenvalue weighted by molar-refractivity contribution is -0.119. The van der Waals surface area contributed by atoms with Crippen molar-refractivity contribution in [2.75, 3.05) is 11.1 Å². The van der Waals surface area contributed by atoms with Gasteiger partial charge in [-0.2, -0.15) is 0 Å². The Morgan fingerprint density at radius 3 is 2.78 bits per heavy atom. The minimum Gasteiger partial charge on any atom is -0.506 e. The number of nitrogens with zero attached hydrogens (tertiary/aromatic N) is 5. The Labute approximate surface area is 214 Å². The number of phenolic OH excluding ortho intramolecular Hbond substituents is 1. The summed E-state index contributed by atoms with van der Waals surface area (Å²) in [6, 6.07) is 11.1. The van der Waals surface area contributed by atoms with Crippen LogP contribution in [-0.2, 0) is 16.6 Å². The summed E-state index contributed by atoms with van der Waals surface area (Å²) in [5.41, 5.74) is 7.97. The van der Waals surface area contributed by atoms with Crippen LogP contribution in [0, 0.1) is 5.82 Å². The first-order chi connectivity index (χ1) is 17.8. The van der Waals surface area contributed by atoms with Crippen LogP contribution in [0.5, 0.6) is 5.75 Å². The number of aromatic hydroxyl groups is 1. The van der Waals surface area contributed by atoms with Crippen molar-refractivity contribution in [1.82, 2.24) is 24.3 Å². The zero-order valence-corrected chi connectivity index (χ0v) is 20.2. The lowest BCUT2D eigenvalue weighted by Crippen LogP contribution is -2.32. The molecule has 1 aliphatic heterocycles. The average Bonchev–Trinajstić information content (AvgIpc) is 3.45. The maximum absolute atomic E-state index is 14.4. The molecule has 184 valence electrons. The highest BCUT2D eigenvalue weighted by molar-refractivity contribution is 6.32. The number of benzene rings is 2. The fraction of sp³-hybridized carbons (Fsp3) is 0.115. The first kappa shape index (κ1) is 22.9. The number of hydrogen-bond acceptors (Lipinski definition) is 7. The number of hydrogen-bond donors (Lipinski definition) is 3. The van der Waals surface area contributed by atoms with Crippen LogP contribution in [0.15, 0.2) is 61.1 Å². The number of amides is 1. The van der Waals surface area contributed by atoms with Crippen molar-refractivity contribution in [2.24, 2.45) is 0 Å². The van der Waals surface area contributed by atoms with Crippen LogP contribution in [0.4, 0.5) is 16.0 Å². The molecule has 6 rings (SSSR count). The van der Waals surface area contributed by atoms with Gasteiger partial charge in [-0.3, -0.25) is 4.79 Å². The van der Waals surface area contributed by atoms with Gasteiger partial charge in [0.1, 0.15) is 34.3 Å². The highest BCUT2D eigenvalue weighted by Crippen LogP contribution is 2.46. The number of aromatic nitrogens is 5. The Morgan fingerprint density at radius 2 is 2.00 bits per heavy atom. The number of nitrogen functional groups attached to an aromatic ring is 1. The third kappa shape index (κ3) is 3.56. The number of carbonyl (C=O) groups excluding carboxylic acids is 1. The summed E-state index contributed by atoms with van der Waals surface area (Å²) in [6.07, 6.45) is 5.27. The van der Waals surface area contributed by atoms with Gasteiger partial charge < -0.3 is 20.6 Å². The van der Waals surface area contributed by atoms with Crippen LogP contribution in [0.25, 0.3) is 17.2 Å². The second-order valence-corrected chi connectivity index (χ2v) is 9.31. The van der Waals surface area contributed by atoms with Crippen LogP contribution in [0.2, 0.25) is 5.02 Å². The third-order valence-electron chi connectivity index (χ3n) is 6.63. The normalized spacial score (nSPS) is 16.7. The molecule has 0 fully saturated rings. The molecule has 9 nitrogen and oxygen atoms in total. The van der Waals surface area contributed by atoms with Crippen molar-refractivity contribution in [1.29, 1.82) is 0 Å². The Hall–Kier alpha value is -4.57. The van der Waals surface area contributed by atoms with Gasteiger partial charge in [-0.05, 0) is 36.2 Å². The van der Waals surface area contributed by atoms with Gasteiger partial charge in [0.05, 0.1) is 16.3 Å². The van der Waals surface area contributed by atoms with Crippen LogP contribution in [-0.4, -0.2) is 35.4 Å². The van der Waals surface area contributed by atoms with Crippen molar-refractivity contribution in [3.8, 4) is 17.3 Å². The van der Waals surface area contributed by atoms with Crippen molar-refractivity contribution in [3.05, 3.63) is 94.3 Å². The molecule has 2 aromatic carbocycles. The predicted molar refractivity (Wildman–Crippen MR) is 136 cm³/mol. The van der Waals surface area contributed by atoms with Crippen molar-refractivity contribution in [3.63, 3.8) is 0 Å². The summed E-state index contributed by atoms with van der Waals surface area (Å²) in [7, 11) is 0. The van der Waals surface area contributed by atoms with Crippen LogP contribution in [0.1, 0.15) is 29.3 Å². The molecule has 0 saturated heterocycles. The Kier molecular flexibility index (Phi) is 5.09. The Morgan fingerprint density at radius 1 is 1.19 bits per heavy atom. The number of carbonyl (C=O) groups is 1. The number of rotatable bonds is 4. The van der Waals surface area contributed by atoms with E-state index in [4.69, 9.17) is 22.3 Å². The topological polar surface area (TPSA) is 131 Å². The van der Waals surface area contributed by atoms with E-state index in [2.05, 4.69) is 20.3 Å². The van der Waals surface area contributed by atoms with E-state index in [9.17, 15) is 14.3 Å². The maximum Gasteiger partial charge on any atom is 0.240 e. The molecule has 1 atom stereocenters. The van der Waals surface area contributed by atoms with Gasteiger partial charge in [0, 0.05) is 25.0 Å². The molecule has 0 saturated carbocycles. The SMILES string of the molecule is CC1(c2ccc(Cl)c(O)c2)C(=O)Nc2nc(-c3cn4ccnc4c(Cc4ccccc4F)n3)nc(N)c21. The second kappa shape index (κ2) is 8.24. The van der Waals surface area contributed by atoms with E-state index < -0.39 is 5.41 Å². The van der Waals surface area contributed by atoms with E-state index in [1.807, 2.05) is 0 Å². The first-order valence-corrected chi connectivity index (χ1v) is 11.7. The highest BCUT2D eigenvalue weighted by Gasteiger charge is 2.47. The maximum atomic E-state index is 14.4. The molecule has 11 heteroatoms. The molecule has 4 heterocycles. The molecule has 1 aliphatic rings. The number of phenols is 1. The lowest BCUT2D eigenvalue weighted by atomic mass is 9.77. The minimum absolute atomic E-state index is 0.0819. The third-order valence-corrected chi connectivity index (χ3v) is 6.95. The van der Waals surface area contributed by atoms with Crippen molar-refractivity contribution in [2.45, 2.75) is 18.8 Å². The van der Waals surface area contributed by atoms with Gasteiger partial charge in [-0.1, -0.05) is 35.9 Å².